The van der Waals surface area contributed by atoms with Crippen LogP contribution in [0.1, 0.15) is 11.1 Å². The Kier molecular flexibility index (Phi) is 6.09. The van der Waals surface area contributed by atoms with Crippen LogP contribution in [0.25, 0.3) is 11.1 Å². The number of benzene rings is 2. The van der Waals surface area contributed by atoms with E-state index in [9.17, 15) is 18.1 Å². The largest absolute Gasteiger partial charge is 0.389 e. The molecule has 0 aliphatic rings. The van der Waals surface area contributed by atoms with E-state index in [2.05, 4.69) is 0 Å². The fourth-order valence-electron chi connectivity index (χ4n) is 2.28. The van der Waals surface area contributed by atoms with Crippen LogP contribution in [0.4, 0.5) is 0 Å². The van der Waals surface area contributed by atoms with Crippen LogP contribution < -0.4 is 5.73 Å². The van der Waals surface area contributed by atoms with Crippen molar-refractivity contribution in [2.75, 3.05) is 13.2 Å². The Morgan fingerprint density at radius 3 is 2.62 bits per heavy atom. The number of hydrogen-bond acceptors (Lipinski definition) is 5. The zero-order chi connectivity index (χ0) is 17.7. The fourth-order valence-corrected chi connectivity index (χ4v) is 2.79. The van der Waals surface area contributed by atoms with Crippen molar-refractivity contribution in [2.24, 2.45) is 5.73 Å². The van der Waals surface area contributed by atoms with Crippen molar-refractivity contribution < 1.29 is 22.8 Å². The summed E-state index contributed by atoms with van der Waals surface area (Å²) in [6, 6.07) is 11.9. The molecule has 1 atom stereocenters. The molecule has 0 saturated heterocycles. The third-order valence-electron chi connectivity index (χ3n) is 3.60. The molecule has 2 rings (SSSR count). The number of aliphatic hydroxyl groups excluding tert-OH is 1. The maximum atomic E-state index is 11.3. The number of aliphatic hydroxyl groups is 1. The van der Waals surface area contributed by atoms with Gasteiger partial charge in [0.2, 0.25) is 0 Å². The minimum absolute atomic E-state index is 0.141. The van der Waals surface area contributed by atoms with Gasteiger partial charge in [0.05, 0.1) is 24.2 Å². The Morgan fingerprint density at radius 1 is 1.21 bits per heavy atom. The molecule has 2 aromatic rings. The summed E-state index contributed by atoms with van der Waals surface area (Å²) in [6.07, 6.45) is -0.693. The Hall–Kier alpha value is -1.77. The van der Waals surface area contributed by atoms with Crippen molar-refractivity contribution in [3.63, 3.8) is 0 Å². The second-order valence-corrected chi connectivity index (χ2v) is 6.98. The van der Waals surface area contributed by atoms with Crippen LogP contribution >= 0.6 is 0 Å². The quantitative estimate of drug-likeness (QED) is 0.656. The molecule has 0 fully saturated rings. The predicted molar refractivity (Wildman–Crippen MR) is 91.1 cm³/mol. The Labute approximate surface area is 141 Å². The molecular formula is C17H21NO5S. The third kappa shape index (κ3) is 4.86. The Morgan fingerprint density at radius 2 is 1.96 bits per heavy atom. The van der Waals surface area contributed by atoms with E-state index < -0.39 is 16.2 Å². The van der Waals surface area contributed by atoms with Gasteiger partial charge in [0.15, 0.2) is 0 Å². The molecule has 6 nitrogen and oxygen atoms in total. The van der Waals surface area contributed by atoms with Crippen LogP contribution in [0.15, 0.2) is 47.4 Å². The highest BCUT2D eigenvalue weighted by Crippen LogP contribution is 2.27. The summed E-state index contributed by atoms with van der Waals surface area (Å²) >= 11 is 0. The van der Waals surface area contributed by atoms with Gasteiger partial charge in [-0.1, -0.05) is 24.3 Å². The first-order valence-electron chi connectivity index (χ1n) is 7.44. The van der Waals surface area contributed by atoms with Gasteiger partial charge in [-0.15, -0.1) is 0 Å². The molecule has 0 aliphatic carbocycles. The molecule has 7 heteroatoms. The molecule has 2 aromatic carbocycles. The molecule has 0 radical (unpaired) electrons. The molecule has 0 aliphatic heterocycles. The summed E-state index contributed by atoms with van der Waals surface area (Å²) in [5.74, 6) is 0. The molecule has 0 bridgehead atoms. The van der Waals surface area contributed by atoms with Crippen molar-refractivity contribution >= 4 is 10.1 Å². The number of aryl methyl sites for hydroxylation is 1. The van der Waals surface area contributed by atoms with E-state index in [4.69, 9.17) is 10.5 Å². The van der Waals surface area contributed by atoms with E-state index in [1.807, 2.05) is 31.2 Å². The average molecular weight is 351 g/mol. The van der Waals surface area contributed by atoms with Crippen molar-refractivity contribution in [1.82, 2.24) is 0 Å². The van der Waals surface area contributed by atoms with Crippen LogP contribution in [0.5, 0.6) is 0 Å². The third-order valence-corrected chi connectivity index (χ3v) is 4.45. The van der Waals surface area contributed by atoms with Gasteiger partial charge in [-0.25, -0.2) is 0 Å². The minimum atomic E-state index is -4.25. The van der Waals surface area contributed by atoms with E-state index in [-0.39, 0.29) is 18.0 Å². The van der Waals surface area contributed by atoms with Gasteiger partial charge in [-0.05, 0) is 47.4 Å². The van der Waals surface area contributed by atoms with Crippen molar-refractivity contribution in [1.29, 1.82) is 0 Å². The zero-order valence-electron chi connectivity index (χ0n) is 13.3. The predicted octanol–water partition coefficient (Wildman–Crippen LogP) is 1.74. The van der Waals surface area contributed by atoms with Crippen molar-refractivity contribution in [3.8, 4) is 11.1 Å². The van der Waals surface area contributed by atoms with Gasteiger partial charge in [0.1, 0.15) is 0 Å². The van der Waals surface area contributed by atoms with Crippen LogP contribution in [-0.4, -0.2) is 37.3 Å². The van der Waals surface area contributed by atoms with Crippen LogP contribution in [0.3, 0.4) is 0 Å². The van der Waals surface area contributed by atoms with Gasteiger partial charge in [-0.3, -0.25) is 4.55 Å². The number of hydrogen-bond donors (Lipinski definition) is 3. The lowest BCUT2D eigenvalue weighted by atomic mass is 9.99. The maximum Gasteiger partial charge on any atom is 0.294 e. The normalized spacial score (nSPS) is 13.0. The lowest BCUT2D eigenvalue weighted by Crippen LogP contribution is -2.24. The second kappa shape index (κ2) is 7.87. The lowest BCUT2D eigenvalue weighted by Gasteiger charge is -2.11. The van der Waals surface area contributed by atoms with Gasteiger partial charge >= 0.3 is 0 Å². The van der Waals surface area contributed by atoms with Gasteiger partial charge in [0.25, 0.3) is 10.1 Å². The summed E-state index contributed by atoms with van der Waals surface area (Å²) in [6.45, 7) is 2.46. The molecule has 0 amide bonds. The van der Waals surface area contributed by atoms with Crippen LogP contribution in [0, 0.1) is 6.92 Å². The first-order chi connectivity index (χ1) is 11.3. The molecule has 0 spiro atoms. The molecular weight excluding hydrogens is 330 g/mol. The van der Waals surface area contributed by atoms with E-state index >= 15 is 0 Å². The van der Waals surface area contributed by atoms with Crippen LogP contribution in [-0.2, 0) is 21.5 Å². The van der Waals surface area contributed by atoms with Gasteiger partial charge in [0, 0.05) is 6.54 Å². The molecule has 0 heterocycles. The molecule has 24 heavy (non-hydrogen) atoms. The van der Waals surface area contributed by atoms with Gasteiger partial charge in [-0.2, -0.15) is 8.42 Å². The minimum Gasteiger partial charge on any atom is -0.389 e. The number of ether oxygens (including phenoxy) is 1. The van der Waals surface area contributed by atoms with E-state index in [0.717, 1.165) is 16.7 Å². The molecule has 1 unspecified atom stereocenters. The topological polar surface area (TPSA) is 110 Å². The highest BCUT2D eigenvalue weighted by Gasteiger charge is 2.12. The van der Waals surface area contributed by atoms with E-state index in [0.29, 0.717) is 12.2 Å². The smallest absolute Gasteiger partial charge is 0.294 e. The summed E-state index contributed by atoms with van der Waals surface area (Å²) in [7, 11) is -4.25. The monoisotopic (exact) mass is 351 g/mol. The molecule has 130 valence electrons. The highest BCUT2D eigenvalue weighted by atomic mass is 32.2. The van der Waals surface area contributed by atoms with Crippen molar-refractivity contribution in [2.45, 2.75) is 24.5 Å². The lowest BCUT2D eigenvalue weighted by molar-refractivity contribution is 0.0329. The maximum absolute atomic E-state index is 11.3. The van der Waals surface area contributed by atoms with Crippen LogP contribution in [0.2, 0.25) is 0 Å². The fraction of sp³-hybridized carbons (Fsp3) is 0.294. The molecule has 4 N–H and O–H groups in total. The van der Waals surface area contributed by atoms with Gasteiger partial charge < -0.3 is 15.6 Å². The Bertz CT molecular complexity index is 804. The second-order valence-electron chi connectivity index (χ2n) is 5.56. The molecule has 0 saturated carbocycles. The molecule has 0 aromatic heterocycles. The number of rotatable bonds is 7. The summed E-state index contributed by atoms with van der Waals surface area (Å²) < 4.78 is 37.3. The van der Waals surface area contributed by atoms with E-state index in [1.54, 1.807) is 6.07 Å². The first kappa shape index (κ1) is 18.6. The standard InChI is InChI=1S/C17H21NO5S/c1-12-5-6-16(24(20,21)22)8-17(12)14-4-2-3-13(7-14)10-23-11-15(19)9-18/h2-8,15,19H,9-11,18H2,1H3,(H,20,21,22). The summed E-state index contributed by atoms with van der Waals surface area (Å²) in [4.78, 5) is -0.143. The first-order valence-corrected chi connectivity index (χ1v) is 8.88. The zero-order valence-corrected chi connectivity index (χ0v) is 14.2. The highest BCUT2D eigenvalue weighted by molar-refractivity contribution is 7.85. The SMILES string of the molecule is Cc1ccc(S(=O)(=O)O)cc1-c1cccc(COCC(O)CN)c1. The van der Waals surface area contributed by atoms with E-state index in [1.165, 1.54) is 12.1 Å². The van der Waals surface area contributed by atoms with Crippen molar-refractivity contribution in [3.05, 3.63) is 53.6 Å². The number of nitrogens with two attached hydrogens (primary N) is 1. The summed E-state index contributed by atoms with van der Waals surface area (Å²) in [5.41, 5.74) is 8.62. The summed E-state index contributed by atoms with van der Waals surface area (Å²) in [5, 5.41) is 9.38. The average Bonchev–Trinajstić information content (AvgIpc) is 2.54. The Balaban J connectivity index is 2.25.